The summed E-state index contributed by atoms with van der Waals surface area (Å²) in [5.74, 6) is 0.240. The van der Waals surface area contributed by atoms with Crippen LogP contribution in [0.1, 0.15) is 17.2 Å². The van der Waals surface area contributed by atoms with Gasteiger partial charge in [-0.05, 0) is 42.1 Å². The fraction of sp³-hybridized carbons (Fsp3) is 0.0625. The van der Waals surface area contributed by atoms with E-state index >= 15 is 0 Å². The number of phenolic OH excluding ortho intramolecular Hbond substituents is 1. The van der Waals surface area contributed by atoms with Crippen molar-refractivity contribution in [3.05, 3.63) is 70.2 Å². The molecule has 0 spiro atoms. The maximum absolute atomic E-state index is 10.1. The molecule has 1 heterocycles. The topological polar surface area (TPSA) is 44.3 Å². The molecule has 21 heavy (non-hydrogen) atoms. The van der Waals surface area contributed by atoms with Gasteiger partial charge in [-0.3, -0.25) is 0 Å². The molecule has 1 aliphatic heterocycles. The Morgan fingerprint density at radius 1 is 1.10 bits per heavy atom. The third kappa shape index (κ3) is 3.09. The first-order valence-corrected chi connectivity index (χ1v) is 7.67. The highest BCUT2D eigenvalue weighted by Gasteiger charge is 2.20. The third-order valence-corrected chi connectivity index (χ3v) is 3.99. The largest absolute Gasteiger partial charge is 0.508 e. The predicted molar refractivity (Wildman–Crippen MR) is 91.8 cm³/mol. The maximum Gasteiger partial charge on any atom is 0.171 e. The lowest BCUT2D eigenvalue weighted by Gasteiger charge is -2.26. The van der Waals surface area contributed by atoms with Crippen LogP contribution in [0.3, 0.4) is 0 Å². The lowest BCUT2D eigenvalue weighted by Crippen LogP contribution is -2.40. The highest BCUT2D eigenvalue weighted by atomic mass is 79.9. The summed E-state index contributed by atoms with van der Waals surface area (Å²) in [4.78, 5) is 0. The molecule has 1 atom stereocenters. The van der Waals surface area contributed by atoms with Crippen molar-refractivity contribution in [1.29, 1.82) is 0 Å². The van der Waals surface area contributed by atoms with E-state index in [2.05, 4.69) is 26.6 Å². The minimum atomic E-state index is -0.175. The van der Waals surface area contributed by atoms with E-state index in [1.165, 1.54) is 0 Å². The number of benzene rings is 2. The van der Waals surface area contributed by atoms with Gasteiger partial charge >= 0.3 is 0 Å². The number of phenols is 1. The van der Waals surface area contributed by atoms with Gasteiger partial charge in [0.25, 0.3) is 0 Å². The predicted octanol–water partition coefficient (Wildman–Crippen LogP) is 3.71. The molecule has 2 aromatic carbocycles. The summed E-state index contributed by atoms with van der Waals surface area (Å²) in [7, 11) is 0. The van der Waals surface area contributed by atoms with Gasteiger partial charge in [0, 0.05) is 15.7 Å². The van der Waals surface area contributed by atoms with E-state index in [-0.39, 0.29) is 11.8 Å². The molecule has 3 N–H and O–H groups in total. The molecule has 0 saturated carbocycles. The summed E-state index contributed by atoms with van der Waals surface area (Å²) >= 11 is 8.71. The molecule has 0 aromatic heterocycles. The van der Waals surface area contributed by atoms with Gasteiger partial charge in [-0.15, -0.1) is 0 Å². The summed E-state index contributed by atoms with van der Waals surface area (Å²) in [5, 5.41) is 16.9. The number of hydrogen-bond donors (Lipinski definition) is 3. The number of rotatable bonds is 2. The number of halogens is 1. The molecule has 0 aliphatic carbocycles. The van der Waals surface area contributed by atoms with Gasteiger partial charge in [0.05, 0.1) is 6.04 Å². The van der Waals surface area contributed by atoms with Gasteiger partial charge in [-0.2, -0.15) is 0 Å². The van der Waals surface area contributed by atoms with E-state index in [4.69, 9.17) is 12.2 Å². The normalized spacial score (nSPS) is 17.7. The van der Waals surface area contributed by atoms with Crippen molar-refractivity contribution in [3.8, 4) is 5.75 Å². The van der Waals surface area contributed by atoms with Gasteiger partial charge < -0.3 is 15.7 Å². The van der Waals surface area contributed by atoms with Crippen LogP contribution in [-0.2, 0) is 0 Å². The molecule has 5 heteroatoms. The molecular formula is C16H13BrN2OS. The summed E-state index contributed by atoms with van der Waals surface area (Å²) in [6.45, 7) is 0. The van der Waals surface area contributed by atoms with Crippen molar-refractivity contribution >= 4 is 39.0 Å². The summed E-state index contributed by atoms with van der Waals surface area (Å²) in [6, 6.07) is 15.2. The minimum absolute atomic E-state index is 0.175. The Hall–Kier alpha value is -1.85. The maximum atomic E-state index is 10.1. The molecule has 0 radical (unpaired) electrons. The molecule has 0 unspecified atom stereocenters. The van der Waals surface area contributed by atoms with Crippen molar-refractivity contribution in [3.63, 3.8) is 0 Å². The van der Waals surface area contributed by atoms with E-state index in [1.807, 2.05) is 42.5 Å². The minimum Gasteiger partial charge on any atom is -0.508 e. The zero-order valence-corrected chi connectivity index (χ0v) is 13.4. The van der Waals surface area contributed by atoms with Crippen LogP contribution in [0.15, 0.2) is 59.1 Å². The van der Waals surface area contributed by atoms with E-state index in [0.29, 0.717) is 5.11 Å². The number of hydrogen-bond acceptors (Lipinski definition) is 2. The van der Waals surface area contributed by atoms with E-state index in [1.54, 1.807) is 12.1 Å². The third-order valence-electron chi connectivity index (χ3n) is 3.28. The highest BCUT2D eigenvalue weighted by molar-refractivity contribution is 9.10. The zero-order valence-electron chi connectivity index (χ0n) is 11.0. The number of thiocarbonyl (C=S) groups is 1. The second-order valence-corrected chi connectivity index (χ2v) is 6.05. The van der Waals surface area contributed by atoms with E-state index < -0.39 is 0 Å². The Balaban J connectivity index is 2.02. The Labute approximate surface area is 136 Å². The van der Waals surface area contributed by atoms with Crippen molar-refractivity contribution < 1.29 is 5.11 Å². The van der Waals surface area contributed by atoms with Crippen LogP contribution in [0.4, 0.5) is 0 Å². The SMILES string of the molecule is Oc1ccc(Br)cc1[C@H]1C=C(c2ccccc2)NC(=S)N1. The Morgan fingerprint density at radius 3 is 2.62 bits per heavy atom. The van der Waals surface area contributed by atoms with Gasteiger partial charge in [0.1, 0.15) is 5.75 Å². The smallest absolute Gasteiger partial charge is 0.171 e. The Bertz CT molecular complexity index is 715. The molecule has 3 nitrogen and oxygen atoms in total. The fourth-order valence-corrected chi connectivity index (χ4v) is 2.89. The summed E-state index contributed by atoms with van der Waals surface area (Å²) in [6.07, 6.45) is 2.02. The van der Waals surface area contributed by atoms with Crippen molar-refractivity contribution in [2.45, 2.75) is 6.04 Å². The Morgan fingerprint density at radius 2 is 1.86 bits per heavy atom. The lowest BCUT2D eigenvalue weighted by molar-refractivity contribution is 0.463. The number of aromatic hydroxyl groups is 1. The van der Waals surface area contributed by atoms with E-state index in [9.17, 15) is 5.11 Å². The highest BCUT2D eigenvalue weighted by Crippen LogP contribution is 2.31. The van der Waals surface area contributed by atoms with Crippen molar-refractivity contribution in [2.75, 3.05) is 0 Å². The van der Waals surface area contributed by atoms with Crippen LogP contribution in [0, 0.1) is 0 Å². The van der Waals surface area contributed by atoms with Crippen LogP contribution < -0.4 is 10.6 Å². The average Bonchev–Trinajstić information content (AvgIpc) is 2.50. The fourth-order valence-electron chi connectivity index (χ4n) is 2.28. The second kappa shape index (κ2) is 5.87. The van der Waals surface area contributed by atoms with Crippen LogP contribution in [0.2, 0.25) is 0 Å². The Kier molecular flexibility index (Phi) is 3.94. The first-order chi connectivity index (χ1) is 10.1. The van der Waals surface area contributed by atoms with Crippen LogP contribution in [0.5, 0.6) is 5.75 Å². The van der Waals surface area contributed by atoms with Gasteiger partial charge in [-0.25, -0.2) is 0 Å². The van der Waals surface area contributed by atoms with Gasteiger partial charge in [0.2, 0.25) is 0 Å². The van der Waals surface area contributed by atoms with Crippen molar-refractivity contribution in [1.82, 2.24) is 10.6 Å². The van der Waals surface area contributed by atoms with Crippen molar-refractivity contribution in [2.24, 2.45) is 0 Å². The van der Waals surface area contributed by atoms with Crippen LogP contribution in [-0.4, -0.2) is 10.2 Å². The summed E-state index contributed by atoms with van der Waals surface area (Å²) in [5.41, 5.74) is 2.77. The quantitative estimate of drug-likeness (QED) is 0.714. The molecule has 0 bridgehead atoms. The molecular weight excluding hydrogens is 348 g/mol. The molecule has 2 aromatic rings. The average molecular weight is 361 g/mol. The first-order valence-electron chi connectivity index (χ1n) is 6.46. The first kappa shape index (κ1) is 14.1. The molecule has 0 saturated heterocycles. The van der Waals surface area contributed by atoms with Gasteiger partial charge in [-0.1, -0.05) is 46.3 Å². The monoisotopic (exact) mass is 360 g/mol. The molecule has 106 valence electrons. The van der Waals surface area contributed by atoms with Crippen LogP contribution >= 0.6 is 28.1 Å². The van der Waals surface area contributed by atoms with Gasteiger partial charge in [0.15, 0.2) is 5.11 Å². The van der Waals surface area contributed by atoms with E-state index in [0.717, 1.165) is 21.3 Å². The molecule has 0 amide bonds. The molecule has 0 fully saturated rings. The van der Waals surface area contributed by atoms with Crippen LogP contribution in [0.25, 0.3) is 5.70 Å². The second-order valence-electron chi connectivity index (χ2n) is 4.73. The number of nitrogens with one attached hydrogen (secondary N) is 2. The molecule has 3 rings (SSSR count). The molecule has 1 aliphatic rings. The summed E-state index contributed by atoms with van der Waals surface area (Å²) < 4.78 is 0.913. The lowest BCUT2D eigenvalue weighted by atomic mass is 10.0. The zero-order chi connectivity index (χ0) is 14.8. The standard InChI is InChI=1S/C16H13BrN2OS/c17-11-6-7-15(20)12(8-11)14-9-13(18-16(21)19-14)10-4-2-1-3-5-10/h1-9,14,20H,(H2,18,19,21)/t14-/m1/s1.